The fraction of sp³-hybridized carbons (Fsp3) is 0.222. The number of hydrogen-bond acceptors (Lipinski definition) is 3. The predicted molar refractivity (Wildman–Crippen MR) is 90.8 cm³/mol. The summed E-state index contributed by atoms with van der Waals surface area (Å²) in [6.07, 6.45) is 3.80. The van der Waals surface area contributed by atoms with E-state index < -0.39 is 0 Å². The van der Waals surface area contributed by atoms with E-state index in [4.69, 9.17) is 0 Å². The van der Waals surface area contributed by atoms with E-state index in [-0.39, 0.29) is 11.0 Å². The van der Waals surface area contributed by atoms with Crippen LogP contribution in [0.2, 0.25) is 0 Å². The highest BCUT2D eigenvalue weighted by molar-refractivity contribution is 8.00. The maximum atomic E-state index is 12.7. The zero-order chi connectivity index (χ0) is 15.7. The highest BCUT2D eigenvalue weighted by atomic mass is 32.2. The lowest BCUT2D eigenvalue weighted by molar-refractivity contribution is 0.0993. The van der Waals surface area contributed by atoms with E-state index in [0.717, 1.165) is 27.4 Å². The molecule has 0 aliphatic rings. The van der Waals surface area contributed by atoms with Crippen LogP contribution < -0.4 is 0 Å². The minimum Gasteiger partial charge on any atom is -0.295 e. The van der Waals surface area contributed by atoms with Gasteiger partial charge < -0.3 is 0 Å². The molecule has 22 heavy (non-hydrogen) atoms. The van der Waals surface area contributed by atoms with Gasteiger partial charge in [-0.15, -0.1) is 0 Å². The normalized spacial score (nSPS) is 12.5. The number of thioether (sulfide) groups is 1. The van der Waals surface area contributed by atoms with Crippen LogP contribution in [0.1, 0.15) is 28.4 Å². The average Bonchev–Trinajstić information content (AvgIpc) is 2.92. The number of benzene rings is 1. The summed E-state index contributed by atoms with van der Waals surface area (Å²) in [4.78, 5) is 17.1. The number of ketones is 1. The van der Waals surface area contributed by atoms with Gasteiger partial charge in [0.2, 0.25) is 0 Å². The molecule has 0 saturated carbocycles. The van der Waals surface area contributed by atoms with Crippen molar-refractivity contribution in [2.45, 2.75) is 31.2 Å². The summed E-state index contributed by atoms with van der Waals surface area (Å²) in [6.45, 7) is 5.93. The number of carbonyl (C=O) groups is 1. The van der Waals surface area contributed by atoms with Gasteiger partial charge in [-0.05, 0) is 44.5 Å². The van der Waals surface area contributed by atoms with Crippen molar-refractivity contribution in [3.63, 3.8) is 0 Å². The molecule has 0 fully saturated rings. The molecular formula is C18H18N2OS. The summed E-state index contributed by atoms with van der Waals surface area (Å²) >= 11 is 1.50. The molecule has 0 amide bonds. The summed E-state index contributed by atoms with van der Waals surface area (Å²) < 4.78 is 2.01. The molecular weight excluding hydrogens is 292 g/mol. The van der Waals surface area contributed by atoms with E-state index >= 15 is 0 Å². The highest BCUT2D eigenvalue weighted by Crippen LogP contribution is 2.26. The molecule has 4 heteroatoms. The number of aryl methyl sites for hydroxylation is 2. The number of Topliss-reactive ketones (excluding diaryl/α,β-unsaturated/α-hetero) is 1. The molecule has 0 unspecified atom stereocenters. The molecule has 0 aliphatic heterocycles. The minimum atomic E-state index is -0.175. The van der Waals surface area contributed by atoms with Gasteiger partial charge in [-0.3, -0.25) is 9.20 Å². The largest absolute Gasteiger partial charge is 0.295 e. The topological polar surface area (TPSA) is 34.4 Å². The van der Waals surface area contributed by atoms with E-state index in [2.05, 4.69) is 4.98 Å². The van der Waals surface area contributed by atoms with Gasteiger partial charge in [0.05, 0.1) is 17.0 Å². The van der Waals surface area contributed by atoms with Crippen LogP contribution in [0, 0.1) is 13.8 Å². The lowest BCUT2D eigenvalue weighted by atomic mass is 10.0. The number of aromatic nitrogens is 2. The molecule has 1 atom stereocenters. The molecule has 112 valence electrons. The van der Waals surface area contributed by atoms with Crippen molar-refractivity contribution in [3.8, 4) is 0 Å². The number of rotatable bonds is 4. The lowest BCUT2D eigenvalue weighted by Gasteiger charge is -2.12. The Morgan fingerprint density at radius 1 is 1.23 bits per heavy atom. The van der Waals surface area contributed by atoms with Gasteiger partial charge in [0, 0.05) is 11.8 Å². The van der Waals surface area contributed by atoms with Crippen LogP contribution in [0.25, 0.3) is 5.52 Å². The van der Waals surface area contributed by atoms with Crippen molar-refractivity contribution in [2.24, 2.45) is 0 Å². The quantitative estimate of drug-likeness (QED) is 0.532. The van der Waals surface area contributed by atoms with Crippen molar-refractivity contribution in [3.05, 3.63) is 65.5 Å². The third-order valence-corrected chi connectivity index (χ3v) is 4.80. The van der Waals surface area contributed by atoms with Crippen molar-refractivity contribution in [2.75, 3.05) is 0 Å². The van der Waals surface area contributed by atoms with Gasteiger partial charge in [0.1, 0.15) is 0 Å². The number of fused-ring (bicyclic) bond motifs is 1. The molecule has 0 saturated heterocycles. The number of carbonyl (C=O) groups excluding carboxylic acids is 1. The summed E-state index contributed by atoms with van der Waals surface area (Å²) in [5, 5.41) is 0.674. The molecule has 0 radical (unpaired) electrons. The van der Waals surface area contributed by atoms with Crippen LogP contribution in [0.15, 0.2) is 53.9 Å². The third kappa shape index (κ3) is 2.79. The third-order valence-electron chi connectivity index (χ3n) is 3.71. The van der Waals surface area contributed by atoms with Gasteiger partial charge in [-0.1, -0.05) is 35.5 Å². The van der Waals surface area contributed by atoms with Gasteiger partial charge >= 0.3 is 0 Å². The van der Waals surface area contributed by atoms with Crippen molar-refractivity contribution < 1.29 is 4.79 Å². The zero-order valence-corrected chi connectivity index (χ0v) is 13.7. The van der Waals surface area contributed by atoms with E-state index in [1.54, 1.807) is 0 Å². The van der Waals surface area contributed by atoms with Crippen molar-refractivity contribution in [1.82, 2.24) is 9.38 Å². The summed E-state index contributed by atoms with van der Waals surface area (Å²) in [5.41, 5.74) is 3.98. The Morgan fingerprint density at radius 3 is 2.86 bits per heavy atom. The van der Waals surface area contributed by atoms with Crippen LogP contribution in [0.5, 0.6) is 0 Å². The monoisotopic (exact) mass is 310 g/mol. The molecule has 0 spiro atoms. The Balaban J connectivity index is 1.86. The average molecular weight is 310 g/mol. The molecule has 3 aromatic rings. The van der Waals surface area contributed by atoms with Crippen LogP contribution in [0.3, 0.4) is 0 Å². The predicted octanol–water partition coefficient (Wildman–Crippen LogP) is 4.31. The SMILES string of the molecule is Cc1ccc(C)c(C(=O)[C@@H](C)Sc2ncc3ccccn23)c1. The van der Waals surface area contributed by atoms with E-state index in [1.165, 1.54) is 11.8 Å². The smallest absolute Gasteiger partial charge is 0.176 e. The van der Waals surface area contributed by atoms with Gasteiger partial charge in [0.15, 0.2) is 10.9 Å². The number of pyridine rings is 1. The molecule has 0 bridgehead atoms. The summed E-state index contributed by atoms with van der Waals surface area (Å²) in [5.74, 6) is 0.152. The summed E-state index contributed by atoms with van der Waals surface area (Å²) in [7, 11) is 0. The van der Waals surface area contributed by atoms with Gasteiger partial charge in [-0.25, -0.2) is 4.98 Å². The fourth-order valence-electron chi connectivity index (χ4n) is 2.44. The second-order valence-corrected chi connectivity index (χ2v) is 6.79. The molecule has 3 rings (SSSR count). The number of imidazole rings is 1. The van der Waals surface area contributed by atoms with Crippen molar-refractivity contribution in [1.29, 1.82) is 0 Å². The first-order valence-corrected chi connectivity index (χ1v) is 8.14. The second-order valence-electron chi connectivity index (χ2n) is 5.48. The lowest BCUT2D eigenvalue weighted by Crippen LogP contribution is -2.15. The first-order valence-electron chi connectivity index (χ1n) is 7.26. The highest BCUT2D eigenvalue weighted by Gasteiger charge is 2.20. The second kappa shape index (κ2) is 5.97. The Kier molecular flexibility index (Phi) is 4.03. The van der Waals surface area contributed by atoms with Gasteiger partial charge in [0.25, 0.3) is 0 Å². The molecule has 2 aromatic heterocycles. The van der Waals surface area contributed by atoms with E-state index in [0.29, 0.717) is 0 Å². The van der Waals surface area contributed by atoms with Gasteiger partial charge in [-0.2, -0.15) is 0 Å². The number of hydrogen-bond donors (Lipinski definition) is 0. The van der Waals surface area contributed by atoms with Crippen LogP contribution in [-0.2, 0) is 0 Å². The summed E-state index contributed by atoms with van der Waals surface area (Å²) in [6, 6.07) is 12.0. The molecule has 0 N–H and O–H groups in total. The fourth-order valence-corrected chi connectivity index (χ4v) is 3.38. The van der Waals surface area contributed by atoms with E-state index in [9.17, 15) is 4.79 Å². The van der Waals surface area contributed by atoms with Crippen LogP contribution >= 0.6 is 11.8 Å². The Hall–Kier alpha value is -2.07. The molecule has 0 aliphatic carbocycles. The Morgan fingerprint density at radius 2 is 2.05 bits per heavy atom. The maximum absolute atomic E-state index is 12.7. The first kappa shape index (κ1) is 14.9. The molecule has 2 heterocycles. The minimum absolute atomic E-state index is 0.152. The Labute approximate surface area is 134 Å². The van der Waals surface area contributed by atoms with E-state index in [1.807, 2.05) is 74.0 Å². The van der Waals surface area contributed by atoms with Crippen LogP contribution in [-0.4, -0.2) is 20.4 Å². The molecule has 1 aromatic carbocycles. The zero-order valence-electron chi connectivity index (χ0n) is 12.9. The van der Waals surface area contributed by atoms with Crippen molar-refractivity contribution >= 4 is 23.1 Å². The number of nitrogens with zero attached hydrogens (tertiary/aromatic N) is 2. The first-order chi connectivity index (χ1) is 10.6. The maximum Gasteiger partial charge on any atom is 0.176 e. The Bertz CT molecular complexity index is 838. The standard InChI is InChI=1S/C18H18N2OS/c1-12-7-8-13(2)16(10-12)17(21)14(3)22-18-19-11-15-6-4-5-9-20(15)18/h4-11,14H,1-3H3/t14-/m1/s1. The molecule has 3 nitrogen and oxygen atoms in total. The van der Waals surface area contributed by atoms with Crippen LogP contribution in [0.4, 0.5) is 0 Å².